The van der Waals surface area contributed by atoms with Gasteiger partial charge in [-0.1, -0.05) is 68.7 Å². The molecule has 4 unspecified atom stereocenters. The number of fused-ring (bicyclic) bond motifs is 1. The summed E-state index contributed by atoms with van der Waals surface area (Å²) in [7, 11) is 0. The Morgan fingerprint density at radius 2 is 1.91 bits per heavy atom. The Morgan fingerprint density at radius 1 is 1.04 bits per heavy atom. The van der Waals surface area contributed by atoms with Crippen molar-refractivity contribution in [2.75, 3.05) is 0 Å². The Bertz CT molecular complexity index is 528. The molecule has 0 saturated heterocycles. The highest BCUT2D eigenvalue weighted by Crippen LogP contribution is 2.38. The average Bonchev–Trinajstić information content (AvgIpc) is 2.80. The quantitative estimate of drug-likeness (QED) is 0.490. The minimum absolute atomic E-state index is 0.670. The summed E-state index contributed by atoms with van der Waals surface area (Å²) in [6, 6.07) is 0. The third-order valence-electron chi connectivity index (χ3n) is 6.33. The molecule has 0 nitrogen and oxygen atoms in total. The Morgan fingerprint density at radius 3 is 2.74 bits per heavy atom. The fourth-order valence-electron chi connectivity index (χ4n) is 4.37. The number of hydrogen-bond donors (Lipinski definition) is 0. The highest BCUT2D eigenvalue weighted by atomic mass is 14.3. The third-order valence-corrected chi connectivity index (χ3v) is 6.33. The highest BCUT2D eigenvalue weighted by Gasteiger charge is 2.23. The van der Waals surface area contributed by atoms with Gasteiger partial charge in [-0.25, -0.2) is 0 Å². The van der Waals surface area contributed by atoms with Crippen LogP contribution >= 0.6 is 0 Å². The SMILES string of the molecule is CCC(C)CC1=CC(C2=CC=C3CCC(C)CCC3C=C2)CC1. The van der Waals surface area contributed by atoms with Crippen molar-refractivity contribution in [3.63, 3.8) is 0 Å². The first-order chi connectivity index (χ1) is 11.2. The summed E-state index contributed by atoms with van der Waals surface area (Å²) in [5.74, 6) is 3.12. The summed E-state index contributed by atoms with van der Waals surface area (Å²) in [4.78, 5) is 0. The summed E-state index contributed by atoms with van der Waals surface area (Å²) < 4.78 is 0. The second-order valence-electron chi connectivity index (χ2n) is 8.28. The van der Waals surface area contributed by atoms with Gasteiger partial charge in [-0.05, 0) is 68.3 Å². The van der Waals surface area contributed by atoms with Crippen molar-refractivity contribution >= 4 is 0 Å². The van der Waals surface area contributed by atoms with Gasteiger partial charge in [0, 0.05) is 5.92 Å². The van der Waals surface area contributed by atoms with Crippen LogP contribution in [0.1, 0.15) is 72.1 Å². The summed E-state index contributed by atoms with van der Waals surface area (Å²) in [6.45, 7) is 7.11. The van der Waals surface area contributed by atoms with E-state index in [9.17, 15) is 0 Å². The van der Waals surface area contributed by atoms with Gasteiger partial charge >= 0.3 is 0 Å². The largest absolute Gasteiger partial charge is 0.0778 e. The lowest BCUT2D eigenvalue weighted by Crippen LogP contribution is -1.98. The van der Waals surface area contributed by atoms with Gasteiger partial charge in [0.25, 0.3) is 0 Å². The van der Waals surface area contributed by atoms with Crippen molar-refractivity contribution in [1.29, 1.82) is 0 Å². The maximum Gasteiger partial charge on any atom is 0.00235 e. The lowest BCUT2D eigenvalue weighted by atomic mass is 9.93. The molecule has 1 saturated carbocycles. The van der Waals surface area contributed by atoms with Gasteiger partial charge in [0.2, 0.25) is 0 Å². The molecule has 3 aliphatic carbocycles. The van der Waals surface area contributed by atoms with E-state index < -0.39 is 0 Å². The van der Waals surface area contributed by atoms with Crippen molar-refractivity contribution in [2.45, 2.75) is 72.1 Å². The minimum Gasteiger partial charge on any atom is -0.0778 e. The second kappa shape index (κ2) is 7.69. The molecule has 3 aliphatic rings. The molecule has 0 bridgehead atoms. The first kappa shape index (κ1) is 16.8. The van der Waals surface area contributed by atoms with E-state index in [0.29, 0.717) is 11.8 Å². The number of hydrogen-bond acceptors (Lipinski definition) is 0. The lowest BCUT2D eigenvalue weighted by molar-refractivity contribution is 0.495. The molecule has 0 heteroatoms. The van der Waals surface area contributed by atoms with E-state index in [0.717, 1.165) is 11.8 Å². The Labute approximate surface area is 143 Å². The van der Waals surface area contributed by atoms with E-state index >= 15 is 0 Å². The van der Waals surface area contributed by atoms with Gasteiger partial charge in [-0.2, -0.15) is 0 Å². The van der Waals surface area contributed by atoms with Crippen LogP contribution in [-0.2, 0) is 0 Å². The minimum atomic E-state index is 0.670. The van der Waals surface area contributed by atoms with Gasteiger partial charge in [-0.3, -0.25) is 0 Å². The molecular formula is C23H34. The maximum absolute atomic E-state index is 2.59. The molecule has 1 fully saturated rings. The third kappa shape index (κ3) is 4.28. The predicted octanol–water partition coefficient (Wildman–Crippen LogP) is 7.01. The summed E-state index contributed by atoms with van der Waals surface area (Å²) in [5, 5.41) is 0. The summed E-state index contributed by atoms with van der Waals surface area (Å²) in [6.07, 6.45) is 23.2. The van der Waals surface area contributed by atoms with Crippen molar-refractivity contribution in [2.24, 2.45) is 23.7 Å². The fourth-order valence-corrected chi connectivity index (χ4v) is 4.37. The van der Waals surface area contributed by atoms with Crippen LogP contribution in [0.15, 0.2) is 47.1 Å². The van der Waals surface area contributed by atoms with Crippen LogP contribution in [0, 0.1) is 23.7 Å². The van der Waals surface area contributed by atoms with Gasteiger partial charge in [0.15, 0.2) is 0 Å². The van der Waals surface area contributed by atoms with E-state index in [1.165, 1.54) is 51.4 Å². The van der Waals surface area contributed by atoms with Gasteiger partial charge in [0.05, 0.1) is 0 Å². The van der Waals surface area contributed by atoms with E-state index in [1.54, 1.807) is 16.7 Å². The van der Waals surface area contributed by atoms with Crippen LogP contribution in [0.5, 0.6) is 0 Å². The zero-order valence-electron chi connectivity index (χ0n) is 15.4. The van der Waals surface area contributed by atoms with E-state index in [-0.39, 0.29) is 0 Å². The molecule has 0 heterocycles. The molecular weight excluding hydrogens is 276 g/mol. The zero-order chi connectivity index (χ0) is 16.2. The monoisotopic (exact) mass is 310 g/mol. The zero-order valence-corrected chi connectivity index (χ0v) is 15.4. The molecule has 0 spiro atoms. The van der Waals surface area contributed by atoms with Crippen molar-refractivity contribution in [3.05, 3.63) is 47.1 Å². The van der Waals surface area contributed by atoms with Crippen LogP contribution in [0.4, 0.5) is 0 Å². The van der Waals surface area contributed by atoms with Crippen LogP contribution < -0.4 is 0 Å². The average molecular weight is 311 g/mol. The van der Waals surface area contributed by atoms with Crippen LogP contribution in [0.3, 0.4) is 0 Å². The van der Waals surface area contributed by atoms with Crippen molar-refractivity contribution < 1.29 is 0 Å². The highest BCUT2D eigenvalue weighted by molar-refractivity contribution is 5.38. The molecule has 0 N–H and O–H groups in total. The molecule has 4 atom stereocenters. The van der Waals surface area contributed by atoms with Gasteiger partial charge in [0.1, 0.15) is 0 Å². The molecule has 0 aromatic rings. The second-order valence-corrected chi connectivity index (χ2v) is 8.28. The molecule has 23 heavy (non-hydrogen) atoms. The summed E-state index contributed by atoms with van der Waals surface area (Å²) >= 11 is 0. The molecule has 0 aromatic carbocycles. The topological polar surface area (TPSA) is 0 Å². The Kier molecular flexibility index (Phi) is 5.62. The normalized spacial score (nSPS) is 32.3. The van der Waals surface area contributed by atoms with E-state index in [1.807, 2.05) is 0 Å². The Balaban J connectivity index is 1.70. The van der Waals surface area contributed by atoms with Crippen LogP contribution in [0.25, 0.3) is 0 Å². The molecule has 0 amide bonds. The first-order valence-corrected chi connectivity index (χ1v) is 9.94. The molecule has 0 aromatic heterocycles. The Hall–Kier alpha value is -1.04. The molecule has 3 rings (SSSR count). The molecule has 0 radical (unpaired) electrons. The predicted molar refractivity (Wildman–Crippen MR) is 101 cm³/mol. The van der Waals surface area contributed by atoms with Crippen molar-refractivity contribution in [3.8, 4) is 0 Å². The van der Waals surface area contributed by atoms with Crippen molar-refractivity contribution in [1.82, 2.24) is 0 Å². The number of allylic oxidation sites excluding steroid dienone is 8. The van der Waals surface area contributed by atoms with Gasteiger partial charge in [-0.15, -0.1) is 0 Å². The van der Waals surface area contributed by atoms with E-state index in [2.05, 4.69) is 51.2 Å². The standard InChI is InChI=1S/C23H34/c1-4-17(2)15-19-7-10-23(16-19)22-13-11-20-8-5-18(3)6-9-21(20)12-14-22/h11-14,16-18,20,23H,4-10,15H2,1-3H3. The lowest BCUT2D eigenvalue weighted by Gasteiger charge is -2.11. The summed E-state index contributed by atoms with van der Waals surface area (Å²) in [5.41, 5.74) is 4.94. The first-order valence-electron chi connectivity index (χ1n) is 9.94. The molecule has 126 valence electrons. The van der Waals surface area contributed by atoms with E-state index in [4.69, 9.17) is 0 Å². The van der Waals surface area contributed by atoms with Gasteiger partial charge < -0.3 is 0 Å². The molecule has 0 aliphatic heterocycles. The number of rotatable bonds is 4. The van der Waals surface area contributed by atoms with Crippen LogP contribution in [0.2, 0.25) is 0 Å². The van der Waals surface area contributed by atoms with Crippen LogP contribution in [-0.4, -0.2) is 0 Å². The fraction of sp³-hybridized carbons (Fsp3) is 0.652. The smallest absolute Gasteiger partial charge is 0.00235 e. The maximum atomic E-state index is 2.59.